The van der Waals surface area contributed by atoms with E-state index >= 15 is 0 Å². The molecule has 0 atom stereocenters. The number of carbonyl (C=O) groups is 4. The molecular weight excluding hydrogens is 725 g/mol. The Morgan fingerprint density at radius 1 is 0.707 bits per heavy atom. The quantitative estimate of drug-likeness (QED) is 0.163. The van der Waals surface area contributed by atoms with Crippen molar-refractivity contribution >= 4 is 40.4 Å². The summed E-state index contributed by atoms with van der Waals surface area (Å²) in [5.41, 5.74) is 10.7. The van der Waals surface area contributed by atoms with E-state index in [0.717, 1.165) is 66.4 Å². The number of rotatable bonds is 8. The van der Waals surface area contributed by atoms with Gasteiger partial charge in [0.25, 0.3) is 5.91 Å². The number of benzene rings is 5. The van der Waals surface area contributed by atoms with Gasteiger partial charge >= 0.3 is 0 Å². The van der Waals surface area contributed by atoms with Crippen molar-refractivity contribution in [1.82, 2.24) is 19.6 Å². The predicted molar refractivity (Wildman–Crippen MR) is 227 cm³/mol. The molecule has 9 heteroatoms. The van der Waals surface area contributed by atoms with Crippen LogP contribution in [0.25, 0.3) is 50.2 Å². The molecule has 0 saturated carbocycles. The highest BCUT2D eigenvalue weighted by Gasteiger charge is 2.41. The Morgan fingerprint density at radius 3 is 2.10 bits per heavy atom. The molecule has 0 aromatic heterocycles. The fourth-order valence-corrected chi connectivity index (χ4v) is 9.19. The fraction of sp³-hybridized carbons (Fsp3) is 0.224. The Hall–Kier alpha value is -6.58. The molecule has 3 amide bonds. The van der Waals surface area contributed by atoms with Crippen LogP contribution in [0.1, 0.15) is 49.4 Å². The average molecular weight is 769 g/mol. The lowest BCUT2D eigenvalue weighted by Gasteiger charge is -2.44. The van der Waals surface area contributed by atoms with E-state index in [1.807, 2.05) is 54.3 Å². The van der Waals surface area contributed by atoms with E-state index in [4.69, 9.17) is 0 Å². The second-order valence-corrected chi connectivity index (χ2v) is 15.9. The Labute approximate surface area is 337 Å². The molecule has 5 aromatic rings. The molecule has 9 nitrogen and oxygen atoms in total. The lowest BCUT2D eigenvalue weighted by molar-refractivity contribution is -0.133. The number of phenols is 1. The van der Waals surface area contributed by atoms with Crippen molar-refractivity contribution in [2.45, 2.75) is 38.5 Å². The van der Waals surface area contributed by atoms with E-state index in [2.05, 4.69) is 55.0 Å². The van der Waals surface area contributed by atoms with Gasteiger partial charge < -0.3 is 19.8 Å². The van der Waals surface area contributed by atoms with Gasteiger partial charge in [-0.2, -0.15) is 0 Å². The van der Waals surface area contributed by atoms with Gasteiger partial charge in [0.2, 0.25) is 11.8 Å². The van der Waals surface area contributed by atoms with Crippen LogP contribution in [-0.2, 0) is 22.7 Å². The van der Waals surface area contributed by atoms with Crippen LogP contribution in [0, 0.1) is 6.92 Å². The number of likely N-dealkylation sites (tertiary alicyclic amines) is 2. The van der Waals surface area contributed by atoms with Crippen LogP contribution in [0.15, 0.2) is 111 Å². The third-order valence-corrected chi connectivity index (χ3v) is 12.5. The number of aryl methyl sites for hydroxylation is 1. The van der Waals surface area contributed by atoms with Crippen molar-refractivity contribution in [3.63, 3.8) is 0 Å². The lowest BCUT2D eigenvalue weighted by atomic mass is 9.88. The van der Waals surface area contributed by atoms with E-state index in [1.165, 1.54) is 12.2 Å². The maximum Gasteiger partial charge on any atom is 0.254 e. The van der Waals surface area contributed by atoms with Crippen molar-refractivity contribution in [3.05, 3.63) is 144 Å². The van der Waals surface area contributed by atoms with E-state index in [-0.39, 0.29) is 41.3 Å². The lowest BCUT2D eigenvalue weighted by Crippen LogP contribution is -2.60. The zero-order valence-electron chi connectivity index (χ0n) is 32.5. The van der Waals surface area contributed by atoms with Gasteiger partial charge in [-0.1, -0.05) is 68.3 Å². The third kappa shape index (κ3) is 6.23. The zero-order valence-corrected chi connectivity index (χ0v) is 32.5. The Morgan fingerprint density at radius 2 is 1.38 bits per heavy atom. The molecule has 0 radical (unpaired) electrons. The van der Waals surface area contributed by atoms with Gasteiger partial charge in [-0.25, -0.2) is 0 Å². The van der Waals surface area contributed by atoms with Crippen LogP contribution in [0.4, 0.5) is 0 Å². The van der Waals surface area contributed by atoms with Crippen LogP contribution >= 0.6 is 0 Å². The number of hydrogen-bond acceptors (Lipinski definition) is 6. The monoisotopic (exact) mass is 768 g/mol. The van der Waals surface area contributed by atoms with Gasteiger partial charge in [-0.3, -0.25) is 24.1 Å². The Balaban J connectivity index is 1.09. The van der Waals surface area contributed by atoms with Gasteiger partial charge in [0.15, 0.2) is 5.78 Å². The van der Waals surface area contributed by atoms with Gasteiger partial charge in [0.05, 0.1) is 6.04 Å². The van der Waals surface area contributed by atoms with Crippen LogP contribution in [0.5, 0.6) is 5.75 Å². The van der Waals surface area contributed by atoms with Crippen LogP contribution in [-0.4, -0.2) is 93.0 Å². The minimum absolute atomic E-state index is 0.0549. The van der Waals surface area contributed by atoms with E-state index in [1.54, 1.807) is 21.9 Å². The molecule has 2 fully saturated rings. The highest BCUT2D eigenvalue weighted by molar-refractivity contribution is 6.06. The molecule has 4 aliphatic rings. The van der Waals surface area contributed by atoms with Crippen LogP contribution in [0.3, 0.4) is 0 Å². The van der Waals surface area contributed by atoms with Crippen molar-refractivity contribution in [1.29, 1.82) is 0 Å². The number of hydrogen-bond donors (Lipinski definition) is 1. The minimum atomic E-state index is -0.136. The first-order valence-electron chi connectivity index (χ1n) is 19.8. The molecular formula is C49H44N4O5. The van der Waals surface area contributed by atoms with Gasteiger partial charge in [-0.05, 0) is 122 Å². The number of nitrogens with zero attached hydrogens (tertiary/aromatic N) is 4. The van der Waals surface area contributed by atoms with Crippen molar-refractivity contribution in [2.24, 2.45) is 0 Å². The highest BCUT2D eigenvalue weighted by Crippen LogP contribution is 2.42. The third-order valence-electron chi connectivity index (χ3n) is 12.5. The predicted octanol–water partition coefficient (Wildman–Crippen LogP) is 7.64. The molecule has 1 N–H and O–H groups in total. The summed E-state index contributed by atoms with van der Waals surface area (Å²) in [6, 6.07) is 26.1. The number of phenolic OH excluding ortho intramolecular Hbond substituents is 1. The molecule has 0 bridgehead atoms. The first-order chi connectivity index (χ1) is 28.0. The summed E-state index contributed by atoms with van der Waals surface area (Å²) in [4.78, 5) is 59.7. The molecule has 4 aliphatic heterocycles. The molecule has 290 valence electrons. The number of fused-ring (bicyclic) bond motifs is 3. The van der Waals surface area contributed by atoms with Gasteiger partial charge in [-0.15, -0.1) is 0 Å². The smallest absolute Gasteiger partial charge is 0.254 e. The Kier molecular flexibility index (Phi) is 9.20. The number of amides is 3. The van der Waals surface area contributed by atoms with E-state index in [9.17, 15) is 24.3 Å². The Bertz CT molecular complexity index is 2630. The summed E-state index contributed by atoms with van der Waals surface area (Å²) in [7, 11) is 0. The van der Waals surface area contributed by atoms with Crippen molar-refractivity contribution in [2.75, 3.05) is 32.7 Å². The molecule has 2 saturated heterocycles. The normalized spacial score (nSPS) is 17.0. The minimum Gasteiger partial charge on any atom is -0.508 e. The largest absolute Gasteiger partial charge is 0.508 e. The topological polar surface area (TPSA) is 101 Å². The molecule has 5 aromatic carbocycles. The van der Waals surface area contributed by atoms with Crippen LogP contribution in [0.2, 0.25) is 0 Å². The fourth-order valence-electron chi connectivity index (χ4n) is 9.19. The first-order valence-corrected chi connectivity index (χ1v) is 19.8. The first kappa shape index (κ1) is 37.0. The summed E-state index contributed by atoms with van der Waals surface area (Å²) in [5.74, 6) is -0.0729. The summed E-state index contributed by atoms with van der Waals surface area (Å²) < 4.78 is 0. The number of Topliss-reactive ketones (excluding diaryl/α,β-unsaturated/α-hetero) is 1. The molecule has 0 aliphatic carbocycles. The summed E-state index contributed by atoms with van der Waals surface area (Å²) in [6.45, 7) is 17.2. The number of ketones is 1. The number of aromatic hydroxyl groups is 1. The van der Waals surface area contributed by atoms with E-state index in [0.29, 0.717) is 63.4 Å². The molecule has 0 unspecified atom stereocenters. The zero-order chi connectivity index (χ0) is 40.4. The van der Waals surface area contributed by atoms with Crippen molar-refractivity contribution in [3.8, 4) is 39.1 Å². The maximum absolute atomic E-state index is 14.2. The van der Waals surface area contributed by atoms with Gasteiger partial charge in [0, 0.05) is 69.4 Å². The van der Waals surface area contributed by atoms with Gasteiger partial charge in [0.1, 0.15) is 5.75 Å². The van der Waals surface area contributed by atoms with E-state index < -0.39 is 0 Å². The molecule has 9 rings (SSSR count). The maximum atomic E-state index is 14.2. The number of carbonyl (C=O) groups excluding carboxylic acids is 4. The van der Waals surface area contributed by atoms with Crippen molar-refractivity contribution < 1.29 is 24.3 Å². The second kappa shape index (κ2) is 14.4. The summed E-state index contributed by atoms with van der Waals surface area (Å²) in [6.07, 6.45) is 4.89. The average Bonchev–Trinajstić information content (AvgIpc) is 3.42. The summed E-state index contributed by atoms with van der Waals surface area (Å²) in [5, 5.41) is 12.9. The molecule has 4 heterocycles. The second-order valence-electron chi connectivity index (χ2n) is 15.9. The highest BCUT2D eigenvalue weighted by atomic mass is 16.3. The molecule has 58 heavy (non-hydrogen) atoms. The van der Waals surface area contributed by atoms with Crippen LogP contribution < -0.4 is 0 Å². The standard InChI is InChI=1S/C49H44N4O5/c1-5-38-29(4)9-8-10-39(38)34-20-41(45-28-53(49(58)44(45)21-34)36-26-52(27-36)48(57)7-3)30-13-14-40-33(17-30)18-37(54)22-42(40)31-11-12-32-23-50(16-15-46(55)43(32)19-31)35-24-51(25-35)47(56)6-2/h5-14,17-22,35-36,54H,1-3,15-16,23-28H2,4H3. The SMILES string of the molecule is C=CC(=O)N1CC(N2CCC(=O)c3cc(-c4cc(O)cc5cc(-c6cc(-c7cccc(C)c7C=C)cc7c6CN(C6CN(C(=O)C=C)C6)C7=O)ccc45)ccc3C2)C1. The molecule has 0 spiro atoms. The summed E-state index contributed by atoms with van der Waals surface area (Å²) >= 11 is 0.